The Labute approximate surface area is 168 Å². The number of benzene rings is 1. The highest BCUT2D eigenvalue weighted by Gasteiger charge is 2.18. The van der Waals surface area contributed by atoms with E-state index in [1.165, 1.54) is 0 Å². The Morgan fingerprint density at radius 3 is 2.63 bits per heavy atom. The van der Waals surface area contributed by atoms with Gasteiger partial charge in [0.05, 0.1) is 29.6 Å². The SMILES string of the molecule is COc1cc(N2CCN(CCn3cc4c(Cl)nccc4n3)CC2)ccc1Cl. The molecule has 3 heterocycles. The van der Waals surface area contributed by atoms with Crippen molar-refractivity contribution in [2.24, 2.45) is 0 Å². The van der Waals surface area contributed by atoms with Gasteiger partial charge in [-0.1, -0.05) is 23.2 Å². The molecule has 0 radical (unpaired) electrons. The number of nitrogens with zero attached hydrogens (tertiary/aromatic N) is 5. The van der Waals surface area contributed by atoms with Gasteiger partial charge in [-0.2, -0.15) is 5.10 Å². The lowest BCUT2D eigenvalue weighted by molar-refractivity contribution is 0.244. The average Bonchev–Trinajstić information content (AvgIpc) is 3.12. The highest BCUT2D eigenvalue weighted by Crippen LogP contribution is 2.29. The third-order valence-corrected chi connectivity index (χ3v) is 5.56. The number of fused-ring (bicyclic) bond motifs is 1. The Balaban J connectivity index is 1.33. The van der Waals surface area contributed by atoms with E-state index in [0.29, 0.717) is 10.2 Å². The Bertz CT molecular complexity index is 937. The van der Waals surface area contributed by atoms with E-state index in [2.05, 4.69) is 19.9 Å². The normalized spacial score (nSPS) is 15.4. The van der Waals surface area contributed by atoms with Crippen LogP contribution in [0, 0.1) is 0 Å². The maximum absolute atomic E-state index is 6.13. The number of aromatic nitrogens is 3. The number of ether oxygens (including phenoxy) is 1. The van der Waals surface area contributed by atoms with Gasteiger partial charge in [-0.25, -0.2) is 4.98 Å². The summed E-state index contributed by atoms with van der Waals surface area (Å²) in [5.74, 6) is 0.718. The largest absolute Gasteiger partial charge is 0.495 e. The molecule has 1 aliphatic rings. The lowest BCUT2D eigenvalue weighted by atomic mass is 10.2. The fraction of sp³-hybridized carbons (Fsp3) is 0.368. The highest BCUT2D eigenvalue weighted by molar-refractivity contribution is 6.34. The molecule has 1 aromatic carbocycles. The number of hydrogen-bond acceptors (Lipinski definition) is 5. The standard InChI is InChI=1S/C19H21Cl2N5O/c1-27-18-12-14(2-3-16(18)20)25-9-6-24(7-10-25)8-11-26-13-15-17(23-26)4-5-22-19(15)21/h2-5,12-13H,6-11H2,1H3. The molecule has 1 fully saturated rings. The predicted octanol–water partition coefficient (Wildman–Crippen LogP) is 3.57. The molecule has 1 saturated heterocycles. The molecule has 0 N–H and O–H groups in total. The summed E-state index contributed by atoms with van der Waals surface area (Å²) >= 11 is 12.3. The third kappa shape index (κ3) is 3.98. The molecule has 27 heavy (non-hydrogen) atoms. The van der Waals surface area contributed by atoms with E-state index in [9.17, 15) is 0 Å². The maximum Gasteiger partial charge on any atom is 0.139 e. The molecule has 1 aliphatic heterocycles. The van der Waals surface area contributed by atoms with Crippen molar-refractivity contribution in [2.75, 3.05) is 44.7 Å². The van der Waals surface area contributed by atoms with Crippen molar-refractivity contribution in [1.82, 2.24) is 19.7 Å². The summed E-state index contributed by atoms with van der Waals surface area (Å²) in [5, 5.41) is 6.63. The first-order valence-electron chi connectivity index (χ1n) is 8.92. The lowest BCUT2D eigenvalue weighted by Crippen LogP contribution is -2.47. The van der Waals surface area contributed by atoms with Crippen molar-refractivity contribution in [3.63, 3.8) is 0 Å². The quantitative estimate of drug-likeness (QED) is 0.607. The summed E-state index contributed by atoms with van der Waals surface area (Å²) in [4.78, 5) is 8.92. The molecule has 0 saturated carbocycles. The van der Waals surface area contributed by atoms with E-state index in [0.717, 1.165) is 61.6 Å². The Morgan fingerprint density at radius 1 is 1.07 bits per heavy atom. The van der Waals surface area contributed by atoms with Crippen LogP contribution in [0.3, 0.4) is 0 Å². The minimum absolute atomic E-state index is 0.505. The predicted molar refractivity (Wildman–Crippen MR) is 109 cm³/mol. The van der Waals surface area contributed by atoms with Gasteiger partial charge < -0.3 is 9.64 Å². The summed E-state index contributed by atoms with van der Waals surface area (Å²) in [5.41, 5.74) is 2.04. The van der Waals surface area contributed by atoms with Gasteiger partial charge in [0.2, 0.25) is 0 Å². The summed E-state index contributed by atoms with van der Waals surface area (Å²) in [6.07, 6.45) is 3.66. The van der Waals surface area contributed by atoms with Crippen LogP contribution in [0.1, 0.15) is 0 Å². The van der Waals surface area contributed by atoms with E-state index in [1.807, 2.05) is 35.1 Å². The summed E-state index contributed by atoms with van der Waals surface area (Å²) in [6, 6.07) is 7.83. The van der Waals surface area contributed by atoms with E-state index >= 15 is 0 Å². The molecular formula is C19H21Cl2N5O. The first-order valence-corrected chi connectivity index (χ1v) is 9.68. The van der Waals surface area contributed by atoms with Gasteiger partial charge in [0, 0.05) is 56.9 Å². The second-order valence-corrected chi connectivity index (χ2v) is 7.34. The Hall–Kier alpha value is -2.02. The van der Waals surface area contributed by atoms with Crippen molar-refractivity contribution in [1.29, 1.82) is 0 Å². The molecule has 0 spiro atoms. The second kappa shape index (κ2) is 7.92. The van der Waals surface area contributed by atoms with Crippen LogP contribution in [0.4, 0.5) is 5.69 Å². The number of methoxy groups -OCH3 is 1. The summed E-state index contributed by atoms with van der Waals surface area (Å²) < 4.78 is 7.28. The first-order chi connectivity index (χ1) is 13.1. The van der Waals surface area contributed by atoms with Crippen molar-refractivity contribution < 1.29 is 4.74 Å². The smallest absolute Gasteiger partial charge is 0.139 e. The molecule has 0 atom stereocenters. The van der Waals surface area contributed by atoms with E-state index < -0.39 is 0 Å². The van der Waals surface area contributed by atoms with E-state index in [1.54, 1.807) is 13.3 Å². The minimum Gasteiger partial charge on any atom is -0.495 e. The van der Waals surface area contributed by atoms with Crippen LogP contribution in [-0.4, -0.2) is 59.5 Å². The van der Waals surface area contributed by atoms with Crippen molar-refractivity contribution in [3.05, 3.63) is 46.8 Å². The third-order valence-electron chi connectivity index (χ3n) is 4.95. The molecule has 3 aromatic rings. The number of halogens is 2. The zero-order valence-corrected chi connectivity index (χ0v) is 16.6. The van der Waals surface area contributed by atoms with Crippen LogP contribution in [0.25, 0.3) is 10.9 Å². The molecule has 142 valence electrons. The monoisotopic (exact) mass is 405 g/mol. The van der Waals surface area contributed by atoms with Crippen LogP contribution in [-0.2, 0) is 6.54 Å². The van der Waals surface area contributed by atoms with Crippen LogP contribution in [0.2, 0.25) is 10.2 Å². The fourth-order valence-electron chi connectivity index (χ4n) is 3.39. The van der Waals surface area contributed by atoms with Crippen LogP contribution in [0.5, 0.6) is 5.75 Å². The number of pyridine rings is 1. The maximum atomic E-state index is 6.13. The van der Waals surface area contributed by atoms with Crippen LogP contribution >= 0.6 is 23.2 Å². The van der Waals surface area contributed by atoms with Gasteiger partial charge in [-0.3, -0.25) is 9.58 Å². The molecule has 0 aliphatic carbocycles. The number of rotatable bonds is 5. The number of hydrogen-bond donors (Lipinski definition) is 0. The van der Waals surface area contributed by atoms with E-state index in [4.69, 9.17) is 27.9 Å². The van der Waals surface area contributed by atoms with Crippen molar-refractivity contribution >= 4 is 39.8 Å². The van der Waals surface area contributed by atoms with Gasteiger partial charge in [0.25, 0.3) is 0 Å². The van der Waals surface area contributed by atoms with Gasteiger partial charge in [-0.05, 0) is 18.2 Å². The average molecular weight is 406 g/mol. The Kier molecular flexibility index (Phi) is 5.38. The Morgan fingerprint density at radius 2 is 1.89 bits per heavy atom. The molecule has 6 nitrogen and oxygen atoms in total. The molecular weight excluding hydrogens is 385 g/mol. The minimum atomic E-state index is 0.505. The zero-order chi connectivity index (χ0) is 18.8. The molecule has 0 bridgehead atoms. The van der Waals surface area contributed by atoms with Gasteiger partial charge >= 0.3 is 0 Å². The van der Waals surface area contributed by atoms with Crippen LogP contribution < -0.4 is 9.64 Å². The van der Waals surface area contributed by atoms with Crippen LogP contribution in [0.15, 0.2) is 36.7 Å². The second-order valence-electron chi connectivity index (χ2n) is 6.57. The first kappa shape index (κ1) is 18.3. The lowest BCUT2D eigenvalue weighted by Gasteiger charge is -2.36. The molecule has 2 aromatic heterocycles. The van der Waals surface area contributed by atoms with E-state index in [-0.39, 0.29) is 0 Å². The van der Waals surface area contributed by atoms with Crippen molar-refractivity contribution in [2.45, 2.75) is 6.54 Å². The summed E-state index contributed by atoms with van der Waals surface area (Å²) in [6.45, 7) is 5.75. The molecule has 0 unspecified atom stereocenters. The summed E-state index contributed by atoms with van der Waals surface area (Å²) in [7, 11) is 1.64. The van der Waals surface area contributed by atoms with Gasteiger partial charge in [0.15, 0.2) is 0 Å². The highest BCUT2D eigenvalue weighted by atomic mass is 35.5. The topological polar surface area (TPSA) is 46.4 Å². The number of piperazine rings is 1. The van der Waals surface area contributed by atoms with Gasteiger partial charge in [0.1, 0.15) is 10.9 Å². The van der Waals surface area contributed by atoms with Crippen molar-refractivity contribution in [3.8, 4) is 5.75 Å². The zero-order valence-electron chi connectivity index (χ0n) is 15.1. The molecule has 4 rings (SSSR count). The molecule has 0 amide bonds. The number of anilines is 1. The fourth-order valence-corrected chi connectivity index (χ4v) is 3.79. The van der Waals surface area contributed by atoms with Gasteiger partial charge in [-0.15, -0.1) is 0 Å². The molecule has 8 heteroatoms.